The van der Waals surface area contributed by atoms with Gasteiger partial charge in [-0.1, -0.05) is 31.9 Å². The van der Waals surface area contributed by atoms with E-state index in [9.17, 15) is 14.0 Å². The van der Waals surface area contributed by atoms with E-state index in [1.807, 2.05) is 6.92 Å². The fraction of sp³-hybridized carbons (Fsp3) is 0.619. The number of urea groups is 1. The van der Waals surface area contributed by atoms with Crippen molar-refractivity contribution in [3.8, 4) is 0 Å². The van der Waals surface area contributed by atoms with Gasteiger partial charge in [-0.05, 0) is 63.0 Å². The van der Waals surface area contributed by atoms with Crippen LogP contribution in [-0.2, 0) is 11.3 Å². The first-order valence-corrected chi connectivity index (χ1v) is 10.4. The van der Waals surface area contributed by atoms with Crippen LogP contribution in [0.25, 0.3) is 0 Å². The van der Waals surface area contributed by atoms with E-state index < -0.39 is 12.1 Å². The SMILES string of the molecule is CCCC(NC(=O)NCc1ccc(F)cc1)C(=O)NCCCN1CCCCC1. The summed E-state index contributed by atoms with van der Waals surface area (Å²) in [5.41, 5.74) is 0.797. The first kappa shape index (κ1) is 22.1. The van der Waals surface area contributed by atoms with Gasteiger partial charge in [-0.25, -0.2) is 9.18 Å². The van der Waals surface area contributed by atoms with Gasteiger partial charge in [0.15, 0.2) is 0 Å². The van der Waals surface area contributed by atoms with E-state index in [0.29, 0.717) is 13.0 Å². The molecule has 1 aromatic rings. The molecule has 0 spiro atoms. The molecule has 156 valence electrons. The zero-order valence-electron chi connectivity index (χ0n) is 16.8. The van der Waals surface area contributed by atoms with E-state index >= 15 is 0 Å². The highest BCUT2D eigenvalue weighted by atomic mass is 19.1. The second-order valence-corrected chi connectivity index (χ2v) is 7.34. The summed E-state index contributed by atoms with van der Waals surface area (Å²) in [6, 6.07) is 5.00. The lowest BCUT2D eigenvalue weighted by molar-refractivity contribution is -0.123. The fourth-order valence-electron chi connectivity index (χ4n) is 3.37. The van der Waals surface area contributed by atoms with Gasteiger partial charge in [0.1, 0.15) is 11.9 Å². The molecule has 0 aromatic heterocycles. The molecule has 3 N–H and O–H groups in total. The van der Waals surface area contributed by atoms with Gasteiger partial charge in [0, 0.05) is 13.1 Å². The number of nitrogens with one attached hydrogen (secondary N) is 3. The zero-order valence-corrected chi connectivity index (χ0v) is 16.8. The predicted octanol–water partition coefficient (Wildman–Crippen LogP) is 2.79. The molecule has 1 aromatic carbocycles. The zero-order chi connectivity index (χ0) is 20.2. The molecule has 2 rings (SSSR count). The summed E-state index contributed by atoms with van der Waals surface area (Å²) in [7, 11) is 0. The van der Waals surface area contributed by atoms with E-state index in [4.69, 9.17) is 0 Å². The topological polar surface area (TPSA) is 73.5 Å². The number of benzene rings is 1. The number of rotatable bonds is 10. The maximum absolute atomic E-state index is 12.9. The highest BCUT2D eigenvalue weighted by Crippen LogP contribution is 2.08. The lowest BCUT2D eigenvalue weighted by Crippen LogP contribution is -2.50. The molecule has 0 aliphatic carbocycles. The summed E-state index contributed by atoms with van der Waals surface area (Å²) >= 11 is 0. The number of piperidine rings is 1. The quantitative estimate of drug-likeness (QED) is 0.536. The third-order valence-electron chi connectivity index (χ3n) is 4.96. The van der Waals surface area contributed by atoms with Gasteiger partial charge in [0.2, 0.25) is 5.91 Å². The standard InChI is InChI=1S/C21H33FN4O2/c1-2-7-19(20(27)23-12-6-15-26-13-4-3-5-14-26)25-21(28)24-16-17-8-10-18(22)11-9-17/h8-11,19H,2-7,12-16H2,1H3,(H,23,27)(H2,24,25,28). The van der Waals surface area contributed by atoms with Crippen LogP contribution in [0.5, 0.6) is 0 Å². The minimum Gasteiger partial charge on any atom is -0.354 e. The summed E-state index contributed by atoms with van der Waals surface area (Å²) in [5.74, 6) is -0.453. The number of hydrogen-bond donors (Lipinski definition) is 3. The third kappa shape index (κ3) is 8.25. The maximum atomic E-state index is 12.9. The van der Waals surface area contributed by atoms with Gasteiger partial charge < -0.3 is 20.9 Å². The van der Waals surface area contributed by atoms with Gasteiger partial charge in [0.05, 0.1) is 0 Å². The van der Waals surface area contributed by atoms with Crippen molar-refractivity contribution in [2.75, 3.05) is 26.2 Å². The molecule has 1 heterocycles. The first-order chi connectivity index (χ1) is 13.6. The molecule has 1 atom stereocenters. The molecule has 0 saturated carbocycles. The summed E-state index contributed by atoms with van der Waals surface area (Å²) in [6.07, 6.45) is 6.15. The molecule has 1 unspecified atom stereocenters. The Morgan fingerprint density at radius 3 is 2.50 bits per heavy atom. The summed E-state index contributed by atoms with van der Waals surface area (Å²) < 4.78 is 12.9. The number of likely N-dealkylation sites (tertiary alicyclic amines) is 1. The van der Waals surface area contributed by atoms with E-state index in [0.717, 1.165) is 38.0 Å². The highest BCUT2D eigenvalue weighted by Gasteiger charge is 2.19. The van der Waals surface area contributed by atoms with Crippen LogP contribution in [0.15, 0.2) is 24.3 Å². The van der Waals surface area contributed by atoms with Crippen molar-refractivity contribution < 1.29 is 14.0 Å². The molecule has 28 heavy (non-hydrogen) atoms. The minimum absolute atomic E-state index is 0.141. The molecule has 1 fully saturated rings. The number of carbonyl (C=O) groups is 2. The average Bonchev–Trinajstić information content (AvgIpc) is 2.71. The Morgan fingerprint density at radius 2 is 1.82 bits per heavy atom. The Bertz CT molecular complexity index is 603. The van der Waals surface area contributed by atoms with Crippen molar-refractivity contribution in [2.24, 2.45) is 0 Å². The Morgan fingerprint density at radius 1 is 1.11 bits per heavy atom. The number of halogens is 1. The van der Waals surface area contributed by atoms with Crippen LogP contribution < -0.4 is 16.0 Å². The van der Waals surface area contributed by atoms with E-state index in [1.165, 1.54) is 31.4 Å². The lowest BCUT2D eigenvalue weighted by atomic mass is 10.1. The summed E-state index contributed by atoms with van der Waals surface area (Å²) in [4.78, 5) is 27.0. The van der Waals surface area contributed by atoms with Crippen LogP contribution in [0.3, 0.4) is 0 Å². The monoisotopic (exact) mass is 392 g/mol. The molecule has 7 heteroatoms. The maximum Gasteiger partial charge on any atom is 0.315 e. The molecule has 6 nitrogen and oxygen atoms in total. The highest BCUT2D eigenvalue weighted by molar-refractivity contribution is 5.86. The predicted molar refractivity (Wildman–Crippen MR) is 108 cm³/mol. The van der Waals surface area contributed by atoms with E-state index in [-0.39, 0.29) is 18.3 Å². The van der Waals surface area contributed by atoms with Crippen molar-refractivity contribution in [3.63, 3.8) is 0 Å². The Balaban J connectivity index is 1.68. The normalized spacial score (nSPS) is 15.6. The van der Waals surface area contributed by atoms with Crippen LogP contribution >= 0.6 is 0 Å². The molecule has 1 aliphatic heterocycles. The van der Waals surface area contributed by atoms with E-state index in [1.54, 1.807) is 12.1 Å². The first-order valence-electron chi connectivity index (χ1n) is 10.4. The Hall–Kier alpha value is -2.15. The van der Waals surface area contributed by atoms with Crippen molar-refractivity contribution in [1.82, 2.24) is 20.9 Å². The van der Waals surface area contributed by atoms with Crippen molar-refractivity contribution in [2.45, 2.75) is 58.0 Å². The average molecular weight is 393 g/mol. The smallest absolute Gasteiger partial charge is 0.315 e. The van der Waals surface area contributed by atoms with Crippen LogP contribution in [0, 0.1) is 5.82 Å². The second kappa shape index (κ2) is 12.3. The number of nitrogens with zero attached hydrogens (tertiary/aromatic N) is 1. The van der Waals surface area contributed by atoms with Crippen LogP contribution in [0.4, 0.5) is 9.18 Å². The second-order valence-electron chi connectivity index (χ2n) is 7.34. The molecule has 0 radical (unpaired) electrons. The number of carbonyl (C=O) groups excluding carboxylic acids is 2. The van der Waals surface area contributed by atoms with Gasteiger partial charge >= 0.3 is 6.03 Å². The van der Waals surface area contributed by atoms with Crippen LogP contribution in [-0.4, -0.2) is 49.1 Å². The number of hydrogen-bond acceptors (Lipinski definition) is 3. The van der Waals surface area contributed by atoms with Gasteiger partial charge in [-0.3, -0.25) is 4.79 Å². The number of amides is 3. The largest absolute Gasteiger partial charge is 0.354 e. The lowest BCUT2D eigenvalue weighted by Gasteiger charge is -2.26. The molecule has 1 aliphatic rings. The molecule has 1 saturated heterocycles. The third-order valence-corrected chi connectivity index (χ3v) is 4.96. The fourth-order valence-corrected chi connectivity index (χ4v) is 3.37. The summed E-state index contributed by atoms with van der Waals surface area (Å²) in [6.45, 7) is 6.19. The van der Waals surface area contributed by atoms with Crippen molar-refractivity contribution in [3.05, 3.63) is 35.6 Å². The summed E-state index contributed by atoms with van der Waals surface area (Å²) in [5, 5.41) is 8.40. The Kier molecular flexibility index (Phi) is 9.76. The minimum atomic E-state index is -0.548. The van der Waals surface area contributed by atoms with Crippen molar-refractivity contribution in [1.29, 1.82) is 0 Å². The van der Waals surface area contributed by atoms with Gasteiger partial charge in [0.25, 0.3) is 0 Å². The molecule has 3 amide bonds. The van der Waals surface area contributed by atoms with Crippen molar-refractivity contribution >= 4 is 11.9 Å². The molecular weight excluding hydrogens is 359 g/mol. The van der Waals surface area contributed by atoms with Gasteiger partial charge in [-0.15, -0.1) is 0 Å². The van der Waals surface area contributed by atoms with Crippen LogP contribution in [0.2, 0.25) is 0 Å². The van der Waals surface area contributed by atoms with E-state index in [2.05, 4.69) is 20.9 Å². The molecular formula is C21H33FN4O2. The Labute approximate surface area is 167 Å². The molecule has 0 bridgehead atoms. The van der Waals surface area contributed by atoms with Crippen LogP contribution in [0.1, 0.15) is 51.0 Å². The van der Waals surface area contributed by atoms with Gasteiger partial charge in [-0.2, -0.15) is 0 Å².